The Kier molecular flexibility index (Phi) is 7.39. The Morgan fingerprint density at radius 2 is 2.11 bits per heavy atom. The molecule has 1 fully saturated rings. The van der Waals surface area contributed by atoms with Crippen LogP contribution in [0.4, 0.5) is 0 Å². The number of likely N-dealkylation sites (tertiary alicyclic amines) is 1. The molecule has 2 atom stereocenters. The van der Waals surface area contributed by atoms with Gasteiger partial charge < -0.3 is 11.1 Å². The van der Waals surface area contributed by atoms with Crippen molar-refractivity contribution >= 4 is 5.91 Å². The Hall–Kier alpha value is -0.610. The van der Waals surface area contributed by atoms with E-state index in [1.807, 2.05) is 6.92 Å². The smallest absolute Gasteiger partial charge is 0.237 e. The normalized spacial score (nSPS) is 22.5. The van der Waals surface area contributed by atoms with E-state index in [0.717, 1.165) is 38.9 Å². The van der Waals surface area contributed by atoms with E-state index in [1.54, 1.807) is 0 Å². The second-order valence-corrected chi connectivity index (χ2v) is 5.78. The topological polar surface area (TPSA) is 58.4 Å². The van der Waals surface area contributed by atoms with E-state index in [4.69, 9.17) is 5.73 Å². The molecule has 1 amide bonds. The zero-order valence-corrected chi connectivity index (χ0v) is 12.8. The van der Waals surface area contributed by atoms with E-state index in [1.165, 1.54) is 12.8 Å². The maximum Gasteiger partial charge on any atom is 0.237 e. The van der Waals surface area contributed by atoms with Crippen molar-refractivity contribution in [1.29, 1.82) is 0 Å². The van der Waals surface area contributed by atoms with Gasteiger partial charge in [0.05, 0.1) is 6.04 Å². The lowest BCUT2D eigenvalue weighted by molar-refractivity contribution is -0.127. The third-order valence-electron chi connectivity index (χ3n) is 4.38. The van der Waals surface area contributed by atoms with Crippen molar-refractivity contribution in [3.8, 4) is 0 Å². The van der Waals surface area contributed by atoms with Crippen LogP contribution in [-0.4, -0.2) is 42.5 Å². The van der Waals surface area contributed by atoms with Gasteiger partial charge in [0, 0.05) is 12.6 Å². The van der Waals surface area contributed by atoms with E-state index < -0.39 is 0 Å². The summed E-state index contributed by atoms with van der Waals surface area (Å²) in [5.74, 6) is 0.851. The maximum absolute atomic E-state index is 12.3. The number of piperidine rings is 1. The zero-order chi connectivity index (χ0) is 14.3. The predicted molar refractivity (Wildman–Crippen MR) is 79.9 cm³/mol. The Morgan fingerprint density at radius 3 is 2.68 bits per heavy atom. The maximum atomic E-state index is 12.3. The quantitative estimate of drug-likeness (QED) is 0.740. The van der Waals surface area contributed by atoms with Crippen LogP contribution in [0.15, 0.2) is 0 Å². The number of carbonyl (C=O) groups is 1. The van der Waals surface area contributed by atoms with Crippen molar-refractivity contribution in [2.45, 2.75) is 65.0 Å². The summed E-state index contributed by atoms with van der Waals surface area (Å²) in [6.45, 7) is 9.09. The van der Waals surface area contributed by atoms with Crippen molar-refractivity contribution in [2.24, 2.45) is 11.7 Å². The van der Waals surface area contributed by atoms with Gasteiger partial charge in [0.25, 0.3) is 0 Å². The standard InChI is InChI=1S/C15H31N3O/c1-4-14(5-2)17-15(19)12(3)18-10-6-7-13(11-18)8-9-16/h12-14H,4-11,16H2,1-3H3,(H,17,19). The number of hydrogen-bond acceptors (Lipinski definition) is 3. The first kappa shape index (κ1) is 16.4. The minimum atomic E-state index is -0.0128. The molecular weight excluding hydrogens is 238 g/mol. The van der Waals surface area contributed by atoms with Crippen molar-refractivity contribution < 1.29 is 4.79 Å². The Bertz CT molecular complexity index is 264. The van der Waals surface area contributed by atoms with Crippen molar-refractivity contribution in [3.05, 3.63) is 0 Å². The average Bonchev–Trinajstić information content (AvgIpc) is 2.44. The largest absolute Gasteiger partial charge is 0.352 e. The van der Waals surface area contributed by atoms with E-state index in [-0.39, 0.29) is 11.9 Å². The predicted octanol–water partition coefficient (Wildman–Crippen LogP) is 1.74. The first-order valence-electron chi connectivity index (χ1n) is 7.86. The fourth-order valence-corrected chi connectivity index (χ4v) is 2.90. The van der Waals surface area contributed by atoms with Crippen LogP contribution in [0.1, 0.15) is 52.9 Å². The average molecular weight is 269 g/mol. The lowest BCUT2D eigenvalue weighted by Crippen LogP contribution is -2.51. The van der Waals surface area contributed by atoms with Gasteiger partial charge in [-0.1, -0.05) is 13.8 Å². The van der Waals surface area contributed by atoms with Gasteiger partial charge in [-0.15, -0.1) is 0 Å². The van der Waals surface area contributed by atoms with E-state index in [2.05, 4.69) is 24.1 Å². The van der Waals surface area contributed by atoms with Gasteiger partial charge in [0.15, 0.2) is 0 Å². The van der Waals surface area contributed by atoms with Gasteiger partial charge in [0.2, 0.25) is 5.91 Å². The Balaban J connectivity index is 2.46. The van der Waals surface area contributed by atoms with Crippen LogP contribution in [0.2, 0.25) is 0 Å². The third-order valence-corrected chi connectivity index (χ3v) is 4.38. The molecule has 4 nitrogen and oxygen atoms in total. The fourth-order valence-electron chi connectivity index (χ4n) is 2.90. The summed E-state index contributed by atoms with van der Waals surface area (Å²) in [6.07, 6.45) is 5.54. The van der Waals surface area contributed by atoms with Gasteiger partial charge in [-0.25, -0.2) is 0 Å². The Morgan fingerprint density at radius 1 is 1.42 bits per heavy atom. The lowest BCUT2D eigenvalue weighted by Gasteiger charge is -2.36. The summed E-state index contributed by atoms with van der Waals surface area (Å²) in [4.78, 5) is 14.6. The van der Waals surface area contributed by atoms with E-state index in [9.17, 15) is 4.79 Å². The Labute approximate surface area is 118 Å². The highest BCUT2D eigenvalue weighted by Gasteiger charge is 2.27. The molecule has 1 aliphatic rings. The van der Waals surface area contributed by atoms with E-state index in [0.29, 0.717) is 12.0 Å². The number of nitrogens with zero attached hydrogens (tertiary/aromatic N) is 1. The first-order valence-corrected chi connectivity index (χ1v) is 7.86. The van der Waals surface area contributed by atoms with Crippen LogP contribution in [-0.2, 0) is 4.79 Å². The van der Waals surface area contributed by atoms with Gasteiger partial charge in [-0.2, -0.15) is 0 Å². The second kappa shape index (κ2) is 8.54. The van der Waals surface area contributed by atoms with Crippen LogP contribution in [0.5, 0.6) is 0 Å². The second-order valence-electron chi connectivity index (χ2n) is 5.78. The monoisotopic (exact) mass is 269 g/mol. The molecule has 0 saturated carbocycles. The first-order chi connectivity index (χ1) is 9.12. The molecule has 3 N–H and O–H groups in total. The molecule has 1 aliphatic heterocycles. The van der Waals surface area contributed by atoms with E-state index >= 15 is 0 Å². The molecular formula is C15H31N3O. The fraction of sp³-hybridized carbons (Fsp3) is 0.933. The van der Waals surface area contributed by atoms with Gasteiger partial charge in [-0.3, -0.25) is 9.69 Å². The highest BCUT2D eigenvalue weighted by Crippen LogP contribution is 2.20. The van der Waals surface area contributed by atoms with Crippen molar-refractivity contribution in [2.75, 3.05) is 19.6 Å². The molecule has 0 bridgehead atoms. The van der Waals surface area contributed by atoms with Crippen molar-refractivity contribution in [1.82, 2.24) is 10.2 Å². The summed E-state index contributed by atoms with van der Waals surface area (Å²) >= 11 is 0. The molecule has 0 spiro atoms. The SMILES string of the molecule is CCC(CC)NC(=O)C(C)N1CCCC(CCN)C1. The van der Waals surface area contributed by atoms with Crippen LogP contribution < -0.4 is 11.1 Å². The third kappa shape index (κ3) is 5.11. The lowest BCUT2D eigenvalue weighted by atomic mass is 9.94. The number of rotatable bonds is 7. The molecule has 0 aromatic heterocycles. The minimum Gasteiger partial charge on any atom is -0.352 e. The minimum absolute atomic E-state index is 0.0128. The molecule has 4 heteroatoms. The van der Waals surface area contributed by atoms with Gasteiger partial charge >= 0.3 is 0 Å². The number of hydrogen-bond donors (Lipinski definition) is 2. The van der Waals surface area contributed by atoms with Gasteiger partial charge in [0.1, 0.15) is 0 Å². The highest BCUT2D eigenvalue weighted by molar-refractivity contribution is 5.81. The summed E-state index contributed by atoms with van der Waals surface area (Å²) < 4.78 is 0. The molecule has 0 radical (unpaired) electrons. The molecule has 1 saturated heterocycles. The molecule has 2 unspecified atom stereocenters. The molecule has 19 heavy (non-hydrogen) atoms. The van der Waals surface area contributed by atoms with Crippen LogP contribution in [0.25, 0.3) is 0 Å². The number of carbonyl (C=O) groups excluding carboxylic acids is 1. The molecule has 0 aromatic rings. The van der Waals surface area contributed by atoms with Crippen LogP contribution in [0, 0.1) is 5.92 Å². The number of amides is 1. The van der Waals surface area contributed by atoms with Crippen molar-refractivity contribution in [3.63, 3.8) is 0 Å². The van der Waals surface area contributed by atoms with Crippen LogP contribution in [0.3, 0.4) is 0 Å². The molecule has 1 heterocycles. The highest BCUT2D eigenvalue weighted by atomic mass is 16.2. The van der Waals surface area contributed by atoms with Crippen LogP contribution >= 0.6 is 0 Å². The van der Waals surface area contributed by atoms with Gasteiger partial charge in [-0.05, 0) is 58.0 Å². The summed E-state index contributed by atoms with van der Waals surface area (Å²) in [6, 6.07) is 0.306. The zero-order valence-electron chi connectivity index (χ0n) is 12.8. The molecule has 0 aromatic carbocycles. The number of nitrogens with two attached hydrogens (primary N) is 1. The summed E-state index contributed by atoms with van der Waals surface area (Å²) in [7, 11) is 0. The molecule has 0 aliphatic carbocycles. The number of nitrogens with one attached hydrogen (secondary N) is 1. The molecule has 112 valence electrons. The summed E-state index contributed by atoms with van der Waals surface area (Å²) in [5, 5.41) is 3.15. The summed E-state index contributed by atoms with van der Waals surface area (Å²) in [5.41, 5.74) is 5.64. The molecule has 1 rings (SSSR count).